The van der Waals surface area contributed by atoms with Crippen LogP contribution in [0, 0.1) is 0 Å². The topological polar surface area (TPSA) is 61.9 Å². The molecule has 0 spiro atoms. The normalized spacial score (nSPS) is 30.5. The van der Waals surface area contributed by atoms with Crippen molar-refractivity contribution in [2.24, 2.45) is 0 Å². The summed E-state index contributed by atoms with van der Waals surface area (Å²) in [6, 6.07) is -0.000720. The highest BCUT2D eigenvalue weighted by Gasteiger charge is 2.34. The molecule has 2 aliphatic heterocycles. The molecule has 2 atom stereocenters. The van der Waals surface area contributed by atoms with Crippen LogP contribution < -0.4 is 5.32 Å². The van der Waals surface area contributed by atoms with Crippen LogP contribution in [0.15, 0.2) is 0 Å². The highest BCUT2D eigenvalue weighted by atomic mass is 32.2. The van der Waals surface area contributed by atoms with E-state index >= 15 is 0 Å². The first-order valence-electron chi connectivity index (χ1n) is 7.57. The first-order valence-corrected chi connectivity index (χ1v) is 9.18. The molecule has 0 amide bonds. The third-order valence-corrected chi connectivity index (χ3v) is 5.98. The van der Waals surface area contributed by atoms with Gasteiger partial charge >= 0.3 is 0 Å². The van der Waals surface area contributed by atoms with Crippen LogP contribution >= 0.6 is 0 Å². The molecule has 0 saturated carbocycles. The molecule has 1 N–H and O–H groups in total. The fraction of sp³-hybridized carbons (Fsp3) is 1.00. The monoisotopic (exact) mass is 305 g/mol. The first kappa shape index (κ1) is 16.2. The molecule has 2 rings (SSSR count). The van der Waals surface area contributed by atoms with Gasteiger partial charge in [0.2, 0.25) is 10.0 Å². The summed E-state index contributed by atoms with van der Waals surface area (Å²) in [7, 11) is -3.19. The summed E-state index contributed by atoms with van der Waals surface area (Å²) in [5.74, 6) is 0.218. The fourth-order valence-corrected chi connectivity index (χ4v) is 4.60. The van der Waals surface area contributed by atoms with Crippen molar-refractivity contribution in [2.45, 2.75) is 32.4 Å². The largest absolute Gasteiger partial charge is 0.375 e. The Morgan fingerprint density at radius 1 is 1.30 bits per heavy atom. The third-order valence-electron chi connectivity index (χ3n) is 4.12. The van der Waals surface area contributed by atoms with Gasteiger partial charge in [0.05, 0.1) is 18.5 Å². The van der Waals surface area contributed by atoms with Gasteiger partial charge in [-0.3, -0.25) is 4.90 Å². The van der Waals surface area contributed by atoms with Crippen molar-refractivity contribution in [1.82, 2.24) is 14.5 Å². The van der Waals surface area contributed by atoms with Crippen LogP contribution in [-0.4, -0.2) is 81.4 Å². The van der Waals surface area contributed by atoms with Crippen LogP contribution in [0.3, 0.4) is 0 Å². The van der Waals surface area contributed by atoms with Gasteiger partial charge in [-0.2, -0.15) is 4.31 Å². The number of morpholine rings is 1. The molecule has 0 aromatic heterocycles. The van der Waals surface area contributed by atoms with E-state index in [4.69, 9.17) is 4.74 Å². The molecule has 2 unspecified atom stereocenters. The number of ether oxygens (including phenoxy) is 1. The third kappa shape index (κ3) is 4.14. The number of nitrogens with zero attached hydrogens (tertiary/aromatic N) is 2. The maximum Gasteiger partial charge on any atom is 0.215 e. The fourth-order valence-electron chi connectivity index (χ4n) is 2.77. The molecule has 2 fully saturated rings. The SMILES string of the molecule is CCC1COC(C)CN1S(=O)(=O)CCN1CCNCC1. The van der Waals surface area contributed by atoms with E-state index in [2.05, 4.69) is 10.2 Å². The minimum Gasteiger partial charge on any atom is -0.375 e. The Morgan fingerprint density at radius 2 is 2.00 bits per heavy atom. The van der Waals surface area contributed by atoms with Crippen LogP contribution in [0.1, 0.15) is 20.3 Å². The van der Waals surface area contributed by atoms with Crippen LogP contribution in [0.25, 0.3) is 0 Å². The van der Waals surface area contributed by atoms with Crippen molar-refractivity contribution in [2.75, 3.05) is 51.6 Å². The number of hydrogen-bond acceptors (Lipinski definition) is 5. The molecule has 0 aliphatic carbocycles. The lowest BCUT2D eigenvalue weighted by molar-refractivity contribution is -0.0230. The average Bonchev–Trinajstić information content (AvgIpc) is 2.46. The van der Waals surface area contributed by atoms with Gasteiger partial charge in [-0.25, -0.2) is 8.42 Å². The van der Waals surface area contributed by atoms with Gasteiger partial charge in [-0.1, -0.05) is 6.92 Å². The Hall–Kier alpha value is -0.210. The Balaban J connectivity index is 1.93. The second kappa shape index (κ2) is 7.17. The molecular formula is C13H27N3O3S. The summed E-state index contributed by atoms with van der Waals surface area (Å²) in [4.78, 5) is 2.22. The summed E-state index contributed by atoms with van der Waals surface area (Å²) >= 11 is 0. The van der Waals surface area contributed by atoms with Gasteiger partial charge in [0.25, 0.3) is 0 Å². The highest BCUT2D eigenvalue weighted by molar-refractivity contribution is 7.89. The van der Waals surface area contributed by atoms with Crippen LogP contribution in [0.2, 0.25) is 0 Å². The number of sulfonamides is 1. The minimum absolute atomic E-state index is 0.000720. The van der Waals surface area contributed by atoms with Crippen molar-refractivity contribution >= 4 is 10.0 Å². The molecular weight excluding hydrogens is 278 g/mol. The second-order valence-corrected chi connectivity index (χ2v) is 7.72. The summed E-state index contributed by atoms with van der Waals surface area (Å²) in [6.07, 6.45) is 0.798. The molecule has 118 valence electrons. The number of hydrogen-bond donors (Lipinski definition) is 1. The summed E-state index contributed by atoms with van der Waals surface area (Å²) < 4.78 is 32.4. The lowest BCUT2D eigenvalue weighted by Gasteiger charge is -2.37. The van der Waals surface area contributed by atoms with Gasteiger partial charge in [0, 0.05) is 45.3 Å². The zero-order valence-electron chi connectivity index (χ0n) is 12.5. The maximum atomic E-state index is 12.6. The van der Waals surface area contributed by atoms with Gasteiger partial charge in [-0.15, -0.1) is 0 Å². The minimum atomic E-state index is -3.19. The standard InChI is InChI=1S/C13H27N3O3S/c1-3-13-11-19-12(2)10-16(13)20(17,18)9-8-15-6-4-14-5-7-15/h12-14H,3-11H2,1-2H3. The molecule has 2 saturated heterocycles. The molecule has 6 nitrogen and oxygen atoms in total. The lowest BCUT2D eigenvalue weighted by atomic mass is 10.2. The summed E-state index contributed by atoms with van der Waals surface area (Å²) in [5, 5.41) is 3.28. The van der Waals surface area contributed by atoms with Crippen molar-refractivity contribution < 1.29 is 13.2 Å². The predicted octanol–water partition coefficient (Wildman–Crippen LogP) is -0.279. The van der Waals surface area contributed by atoms with E-state index in [0.29, 0.717) is 19.7 Å². The van der Waals surface area contributed by atoms with Crippen LogP contribution in [0.4, 0.5) is 0 Å². The molecule has 2 aliphatic rings. The summed E-state index contributed by atoms with van der Waals surface area (Å²) in [5.41, 5.74) is 0. The number of nitrogens with one attached hydrogen (secondary N) is 1. The van der Waals surface area contributed by atoms with E-state index in [1.807, 2.05) is 13.8 Å². The molecule has 0 aromatic carbocycles. The van der Waals surface area contributed by atoms with E-state index in [1.54, 1.807) is 4.31 Å². The smallest absolute Gasteiger partial charge is 0.215 e. The zero-order chi connectivity index (χ0) is 14.6. The number of rotatable bonds is 5. The van der Waals surface area contributed by atoms with Crippen molar-refractivity contribution in [3.63, 3.8) is 0 Å². The van der Waals surface area contributed by atoms with E-state index in [0.717, 1.165) is 32.6 Å². The van der Waals surface area contributed by atoms with Crippen LogP contribution in [-0.2, 0) is 14.8 Å². The second-order valence-electron chi connectivity index (χ2n) is 5.68. The van der Waals surface area contributed by atoms with Gasteiger partial charge in [-0.05, 0) is 13.3 Å². The molecule has 2 heterocycles. The van der Waals surface area contributed by atoms with Gasteiger partial charge in [0.1, 0.15) is 0 Å². The molecule has 7 heteroatoms. The lowest BCUT2D eigenvalue weighted by Crippen LogP contribution is -2.53. The highest BCUT2D eigenvalue weighted by Crippen LogP contribution is 2.19. The van der Waals surface area contributed by atoms with Gasteiger partial charge < -0.3 is 10.1 Å². The Bertz CT molecular complexity index is 396. The van der Waals surface area contributed by atoms with Gasteiger partial charge in [0.15, 0.2) is 0 Å². The molecule has 0 bridgehead atoms. The quantitative estimate of drug-likeness (QED) is 0.757. The Kier molecular flexibility index (Phi) is 5.80. The predicted molar refractivity (Wildman–Crippen MR) is 79.3 cm³/mol. The van der Waals surface area contributed by atoms with E-state index in [9.17, 15) is 8.42 Å². The van der Waals surface area contributed by atoms with E-state index in [-0.39, 0.29) is 17.9 Å². The van der Waals surface area contributed by atoms with E-state index < -0.39 is 10.0 Å². The van der Waals surface area contributed by atoms with Crippen molar-refractivity contribution in [3.05, 3.63) is 0 Å². The average molecular weight is 305 g/mol. The summed E-state index contributed by atoms with van der Waals surface area (Å²) in [6.45, 7) is 9.36. The Labute approximate surface area is 122 Å². The van der Waals surface area contributed by atoms with Crippen molar-refractivity contribution in [3.8, 4) is 0 Å². The van der Waals surface area contributed by atoms with E-state index in [1.165, 1.54) is 0 Å². The molecule has 20 heavy (non-hydrogen) atoms. The molecule has 0 aromatic rings. The first-order chi connectivity index (χ1) is 9.53. The maximum absolute atomic E-state index is 12.6. The zero-order valence-corrected chi connectivity index (χ0v) is 13.4. The number of piperazine rings is 1. The Morgan fingerprint density at radius 3 is 2.65 bits per heavy atom. The van der Waals surface area contributed by atoms with Crippen molar-refractivity contribution in [1.29, 1.82) is 0 Å². The van der Waals surface area contributed by atoms with Crippen LogP contribution in [0.5, 0.6) is 0 Å². The molecule has 0 radical (unpaired) electrons.